The van der Waals surface area contributed by atoms with E-state index < -0.39 is 10.0 Å². The van der Waals surface area contributed by atoms with E-state index in [1.807, 2.05) is 31.3 Å². The van der Waals surface area contributed by atoms with Gasteiger partial charge in [-0.2, -0.15) is 0 Å². The normalized spacial score (nSPS) is 13.6. The van der Waals surface area contributed by atoms with E-state index in [-0.39, 0.29) is 5.75 Å². The van der Waals surface area contributed by atoms with Crippen LogP contribution in [0.1, 0.15) is 31.4 Å². The molecule has 0 aliphatic rings. The van der Waals surface area contributed by atoms with Gasteiger partial charge in [0.25, 0.3) is 0 Å². The van der Waals surface area contributed by atoms with Gasteiger partial charge in [0.05, 0.1) is 5.75 Å². The number of nitrogens with one attached hydrogen (secondary N) is 1. The van der Waals surface area contributed by atoms with E-state index in [0.717, 1.165) is 17.5 Å². The smallest absolute Gasteiger partial charge is 0.215 e. The lowest BCUT2D eigenvalue weighted by Crippen LogP contribution is -2.37. The number of nitrogens with zero attached hydrogens (tertiary/aromatic N) is 1. The zero-order valence-electron chi connectivity index (χ0n) is 13.2. The Morgan fingerprint density at radius 2 is 1.90 bits per heavy atom. The molecule has 21 heavy (non-hydrogen) atoms. The minimum absolute atomic E-state index is 0.0204. The SMILES string of the molecule is CCC(C)N(C)CCNS(=O)(=O)Cc1ccccc1CN. The van der Waals surface area contributed by atoms with Crippen LogP contribution in [0.4, 0.5) is 0 Å². The molecule has 1 aromatic rings. The van der Waals surface area contributed by atoms with E-state index in [1.54, 1.807) is 0 Å². The molecule has 0 fully saturated rings. The van der Waals surface area contributed by atoms with Crippen LogP contribution in [0.3, 0.4) is 0 Å². The molecule has 0 spiro atoms. The summed E-state index contributed by atoms with van der Waals surface area (Å²) in [5, 5.41) is 0. The molecule has 1 unspecified atom stereocenters. The van der Waals surface area contributed by atoms with Crippen LogP contribution in [0.25, 0.3) is 0 Å². The highest BCUT2D eigenvalue weighted by Crippen LogP contribution is 2.11. The summed E-state index contributed by atoms with van der Waals surface area (Å²) in [7, 11) is -1.32. The van der Waals surface area contributed by atoms with Crippen LogP contribution in [0.5, 0.6) is 0 Å². The Labute approximate surface area is 128 Å². The number of hydrogen-bond donors (Lipinski definition) is 2. The number of rotatable bonds is 9. The molecular weight excluding hydrogens is 286 g/mol. The van der Waals surface area contributed by atoms with Crippen LogP contribution in [0.15, 0.2) is 24.3 Å². The molecule has 0 saturated carbocycles. The van der Waals surface area contributed by atoms with Crippen LogP contribution < -0.4 is 10.5 Å². The third-order valence-corrected chi connectivity index (χ3v) is 5.15. The summed E-state index contributed by atoms with van der Waals surface area (Å²) < 4.78 is 26.9. The van der Waals surface area contributed by atoms with Crippen LogP contribution >= 0.6 is 0 Å². The number of benzene rings is 1. The third-order valence-electron chi connectivity index (χ3n) is 3.81. The Hall–Kier alpha value is -0.950. The molecule has 0 bridgehead atoms. The Balaban J connectivity index is 2.54. The fourth-order valence-electron chi connectivity index (χ4n) is 2.06. The van der Waals surface area contributed by atoms with Crippen molar-refractivity contribution >= 4 is 10.0 Å². The average molecular weight is 313 g/mol. The second-order valence-electron chi connectivity index (χ2n) is 5.36. The van der Waals surface area contributed by atoms with Gasteiger partial charge >= 0.3 is 0 Å². The Kier molecular flexibility index (Phi) is 7.31. The standard InChI is InChI=1S/C15H27N3O2S/c1-4-13(2)18(3)10-9-17-21(19,20)12-15-8-6-5-7-14(15)11-16/h5-8,13,17H,4,9-12,16H2,1-3H3. The van der Waals surface area contributed by atoms with Gasteiger partial charge in [-0.1, -0.05) is 31.2 Å². The van der Waals surface area contributed by atoms with Crippen LogP contribution in [0.2, 0.25) is 0 Å². The van der Waals surface area contributed by atoms with Gasteiger partial charge < -0.3 is 10.6 Å². The largest absolute Gasteiger partial charge is 0.326 e. The highest BCUT2D eigenvalue weighted by atomic mass is 32.2. The first-order chi connectivity index (χ1) is 9.89. The van der Waals surface area contributed by atoms with Gasteiger partial charge in [0.1, 0.15) is 0 Å². The fourth-order valence-corrected chi connectivity index (χ4v) is 3.26. The minimum atomic E-state index is -3.33. The van der Waals surface area contributed by atoms with Crippen molar-refractivity contribution in [2.24, 2.45) is 5.73 Å². The molecule has 120 valence electrons. The molecule has 0 aliphatic heterocycles. The summed E-state index contributed by atoms with van der Waals surface area (Å²) >= 11 is 0. The zero-order chi connectivity index (χ0) is 15.9. The van der Waals surface area contributed by atoms with Crippen molar-refractivity contribution in [2.75, 3.05) is 20.1 Å². The lowest BCUT2D eigenvalue weighted by Gasteiger charge is -2.23. The maximum Gasteiger partial charge on any atom is 0.215 e. The summed E-state index contributed by atoms with van der Waals surface area (Å²) in [6.07, 6.45) is 1.05. The minimum Gasteiger partial charge on any atom is -0.326 e. The Bertz CT molecular complexity index is 531. The summed E-state index contributed by atoms with van der Waals surface area (Å²) in [5.41, 5.74) is 7.28. The van der Waals surface area contributed by atoms with E-state index in [9.17, 15) is 8.42 Å². The van der Waals surface area contributed by atoms with Gasteiger partial charge in [-0.05, 0) is 31.5 Å². The Morgan fingerprint density at radius 1 is 1.29 bits per heavy atom. The van der Waals surface area contributed by atoms with Gasteiger partial charge in [-0.25, -0.2) is 13.1 Å². The van der Waals surface area contributed by atoms with Gasteiger partial charge in [-0.3, -0.25) is 0 Å². The molecule has 1 aromatic carbocycles. The van der Waals surface area contributed by atoms with Crippen LogP contribution in [-0.2, 0) is 22.3 Å². The van der Waals surface area contributed by atoms with Crippen molar-refractivity contribution < 1.29 is 8.42 Å². The number of sulfonamides is 1. The summed E-state index contributed by atoms with van der Waals surface area (Å²) in [6, 6.07) is 7.83. The predicted octanol–water partition coefficient (Wildman–Crippen LogP) is 1.30. The molecule has 0 saturated heterocycles. The van der Waals surface area contributed by atoms with Crippen LogP contribution in [-0.4, -0.2) is 39.5 Å². The molecule has 0 aliphatic carbocycles. The average Bonchev–Trinajstić information content (AvgIpc) is 2.46. The van der Waals surface area contributed by atoms with Gasteiger partial charge in [0.2, 0.25) is 10.0 Å². The van der Waals surface area contributed by atoms with Crippen molar-refractivity contribution in [3.05, 3.63) is 35.4 Å². The first kappa shape index (κ1) is 18.1. The first-order valence-corrected chi connectivity index (χ1v) is 8.99. The summed E-state index contributed by atoms with van der Waals surface area (Å²) in [6.45, 7) is 5.73. The molecule has 1 rings (SSSR count). The number of hydrogen-bond acceptors (Lipinski definition) is 4. The molecule has 3 N–H and O–H groups in total. The summed E-state index contributed by atoms with van der Waals surface area (Å²) in [5.74, 6) is -0.0204. The van der Waals surface area contributed by atoms with Crippen LogP contribution in [0, 0.1) is 0 Å². The molecule has 0 amide bonds. The quantitative estimate of drug-likeness (QED) is 0.720. The lowest BCUT2D eigenvalue weighted by molar-refractivity contribution is 0.256. The van der Waals surface area contributed by atoms with Crippen molar-refractivity contribution in [1.82, 2.24) is 9.62 Å². The third kappa shape index (κ3) is 6.13. The monoisotopic (exact) mass is 313 g/mol. The van der Waals surface area contributed by atoms with Crippen molar-refractivity contribution in [3.63, 3.8) is 0 Å². The van der Waals surface area contributed by atoms with E-state index in [0.29, 0.717) is 25.7 Å². The molecule has 0 aromatic heterocycles. The first-order valence-electron chi connectivity index (χ1n) is 7.34. The lowest BCUT2D eigenvalue weighted by atomic mass is 10.1. The maximum atomic E-state index is 12.1. The molecule has 0 radical (unpaired) electrons. The zero-order valence-corrected chi connectivity index (χ0v) is 14.0. The van der Waals surface area contributed by atoms with E-state index in [1.165, 1.54) is 0 Å². The molecule has 5 nitrogen and oxygen atoms in total. The van der Waals surface area contributed by atoms with Gasteiger partial charge in [0.15, 0.2) is 0 Å². The topological polar surface area (TPSA) is 75.4 Å². The Morgan fingerprint density at radius 3 is 2.48 bits per heavy atom. The number of likely N-dealkylation sites (N-methyl/N-ethyl adjacent to an activating group) is 1. The summed E-state index contributed by atoms with van der Waals surface area (Å²) in [4.78, 5) is 2.15. The molecule has 6 heteroatoms. The highest BCUT2D eigenvalue weighted by Gasteiger charge is 2.14. The maximum absolute atomic E-state index is 12.1. The second kappa shape index (κ2) is 8.48. The van der Waals surface area contributed by atoms with Crippen molar-refractivity contribution in [1.29, 1.82) is 0 Å². The predicted molar refractivity (Wildman–Crippen MR) is 87.3 cm³/mol. The van der Waals surface area contributed by atoms with Gasteiger partial charge in [0, 0.05) is 25.7 Å². The second-order valence-corrected chi connectivity index (χ2v) is 7.17. The van der Waals surface area contributed by atoms with E-state index >= 15 is 0 Å². The van der Waals surface area contributed by atoms with E-state index in [4.69, 9.17) is 5.73 Å². The fraction of sp³-hybridized carbons (Fsp3) is 0.600. The van der Waals surface area contributed by atoms with Crippen molar-refractivity contribution in [3.8, 4) is 0 Å². The molecular formula is C15H27N3O2S. The highest BCUT2D eigenvalue weighted by molar-refractivity contribution is 7.88. The van der Waals surface area contributed by atoms with E-state index in [2.05, 4.69) is 23.5 Å². The van der Waals surface area contributed by atoms with Crippen molar-refractivity contribution in [2.45, 2.75) is 38.6 Å². The molecule has 0 heterocycles. The van der Waals surface area contributed by atoms with Gasteiger partial charge in [-0.15, -0.1) is 0 Å². The number of nitrogens with two attached hydrogens (primary N) is 1. The molecule has 1 atom stereocenters.